The van der Waals surface area contributed by atoms with E-state index in [4.69, 9.17) is 4.74 Å². The molecule has 4 heterocycles. The molecule has 0 saturated carbocycles. The molecule has 0 aliphatic carbocycles. The Hall–Kier alpha value is -2.55. The van der Waals surface area contributed by atoms with E-state index in [1.165, 1.54) is 11.1 Å². The lowest BCUT2D eigenvalue weighted by Crippen LogP contribution is -2.51. The van der Waals surface area contributed by atoms with Crippen molar-refractivity contribution in [1.29, 1.82) is 0 Å². The Balaban J connectivity index is 1.30. The molecule has 156 valence electrons. The van der Waals surface area contributed by atoms with Crippen LogP contribution >= 0.6 is 11.3 Å². The lowest BCUT2D eigenvalue weighted by atomic mass is 10.1. The molecule has 1 amide bonds. The average molecular weight is 424 g/mol. The number of thiophene rings is 1. The molecule has 2 fully saturated rings. The van der Waals surface area contributed by atoms with E-state index in [9.17, 15) is 4.79 Å². The number of carbonyl (C=O) groups is 1. The van der Waals surface area contributed by atoms with Gasteiger partial charge in [0.15, 0.2) is 0 Å². The molecule has 30 heavy (non-hydrogen) atoms. The van der Waals surface area contributed by atoms with E-state index in [1.54, 1.807) is 17.7 Å². The summed E-state index contributed by atoms with van der Waals surface area (Å²) >= 11 is 1.66. The van der Waals surface area contributed by atoms with Crippen molar-refractivity contribution in [1.82, 2.24) is 19.8 Å². The van der Waals surface area contributed by atoms with E-state index >= 15 is 0 Å². The van der Waals surface area contributed by atoms with Gasteiger partial charge < -0.3 is 14.5 Å². The normalized spacial score (nSPS) is 18.1. The van der Waals surface area contributed by atoms with Crippen LogP contribution in [-0.4, -0.2) is 84.7 Å². The summed E-state index contributed by atoms with van der Waals surface area (Å²) in [5, 5.41) is 3.31. The molecule has 0 unspecified atom stereocenters. The molecule has 0 radical (unpaired) electrons. The molecule has 5 rings (SSSR count). The van der Waals surface area contributed by atoms with Gasteiger partial charge in [-0.15, -0.1) is 11.3 Å². The van der Waals surface area contributed by atoms with E-state index < -0.39 is 0 Å². The Morgan fingerprint density at radius 2 is 1.77 bits per heavy atom. The van der Waals surface area contributed by atoms with Crippen molar-refractivity contribution >= 4 is 33.3 Å². The van der Waals surface area contributed by atoms with E-state index in [0.717, 1.165) is 42.2 Å². The van der Waals surface area contributed by atoms with E-state index in [2.05, 4.69) is 49.4 Å². The summed E-state index contributed by atoms with van der Waals surface area (Å²) in [6, 6.07) is 10.4. The second kappa shape index (κ2) is 8.67. The standard InChI is InChI=1S/C22H25N5O2S/c28-19(26-10-12-29-13-11-26)14-25-6-8-27(9-7-25)21-20-18(17-4-2-1-3-5-17)15-30-22(20)24-16-23-21/h1-5,15-16H,6-14H2. The summed E-state index contributed by atoms with van der Waals surface area (Å²) in [4.78, 5) is 29.2. The summed E-state index contributed by atoms with van der Waals surface area (Å²) in [6.45, 7) is 6.61. The average Bonchev–Trinajstić information content (AvgIpc) is 3.25. The van der Waals surface area contributed by atoms with Crippen molar-refractivity contribution < 1.29 is 9.53 Å². The van der Waals surface area contributed by atoms with E-state index in [1.807, 2.05) is 11.0 Å². The van der Waals surface area contributed by atoms with Crippen LogP contribution in [0.4, 0.5) is 5.82 Å². The van der Waals surface area contributed by atoms with Gasteiger partial charge in [0.2, 0.25) is 5.91 Å². The van der Waals surface area contributed by atoms with E-state index in [0.29, 0.717) is 32.8 Å². The SMILES string of the molecule is O=C(CN1CCN(c2ncnc3scc(-c4ccccc4)c23)CC1)N1CCOCC1. The third kappa shape index (κ3) is 3.90. The summed E-state index contributed by atoms with van der Waals surface area (Å²) < 4.78 is 5.35. The Bertz CT molecular complexity index is 1010. The smallest absolute Gasteiger partial charge is 0.236 e. The number of morpholine rings is 1. The molecular formula is C22H25N5O2S. The van der Waals surface area contributed by atoms with Crippen molar-refractivity contribution in [2.75, 3.05) is 63.9 Å². The number of nitrogens with zero attached hydrogens (tertiary/aromatic N) is 5. The van der Waals surface area contributed by atoms with Crippen LogP contribution in [0.15, 0.2) is 42.0 Å². The van der Waals surface area contributed by atoms with Gasteiger partial charge in [-0.2, -0.15) is 0 Å². The quantitative estimate of drug-likeness (QED) is 0.642. The number of amides is 1. The minimum absolute atomic E-state index is 0.209. The molecule has 2 aliphatic rings. The maximum atomic E-state index is 12.6. The zero-order valence-electron chi connectivity index (χ0n) is 16.9. The molecule has 2 saturated heterocycles. The molecular weight excluding hydrogens is 398 g/mol. The van der Waals surface area contributed by atoms with Crippen LogP contribution in [0.1, 0.15) is 0 Å². The second-order valence-electron chi connectivity index (χ2n) is 7.65. The third-order valence-corrected chi connectivity index (χ3v) is 6.72. The van der Waals surface area contributed by atoms with Gasteiger partial charge >= 0.3 is 0 Å². The minimum atomic E-state index is 0.209. The number of hydrogen-bond donors (Lipinski definition) is 0. The number of aromatic nitrogens is 2. The molecule has 0 bridgehead atoms. The summed E-state index contributed by atoms with van der Waals surface area (Å²) in [7, 11) is 0. The number of ether oxygens (including phenoxy) is 1. The molecule has 7 nitrogen and oxygen atoms in total. The first-order valence-corrected chi connectivity index (χ1v) is 11.3. The number of carbonyl (C=O) groups excluding carboxylic acids is 1. The summed E-state index contributed by atoms with van der Waals surface area (Å²) in [6.07, 6.45) is 1.66. The van der Waals surface area contributed by atoms with Gasteiger partial charge in [-0.3, -0.25) is 9.69 Å². The zero-order chi connectivity index (χ0) is 20.3. The number of rotatable bonds is 4. The van der Waals surface area contributed by atoms with Crippen molar-refractivity contribution in [2.45, 2.75) is 0 Å². The van der Waals surface area contributed by atoms with Gasteiger partial charge in [-0.1, -0.05) is 30.3 Å². The Labute approximate surface area is 179 Å². The van der Waals surface area contributed by atoms with Gasteiger partial charge in [0, 0.05) is 50.2 Å². The monoisotopic (exact) mass is 423 g/mol. The fourth-order valence-corrected chi connectivity index (χ4v) is 5.06. The van der Waals surface area contributed by atoms with Crippen LogP contribution in [0.3, 0.4) is 0 Å². The zero-order valence-corrected chi connectivity index (χ0v) is 17.7. The third-order valence-electron chi connectivity index (χ3n) is 5.83. The highest BCUT2D eigenvalue weighted by Crippen LogP contribution is 2.37. The van der Waals surface area contributed by atoms with Crippen LogP contribution < -0.4 is 4.90 Å². The number of piperazine rings is 1. The van der Waals surface area contributed by atoms with Crippen LogP contribution in [0, 0.1) is 0 Å². The summed E-state index contributed by atoms with van der Waals surface area (Å²) in [5.74, 6) is 1.21. The van der Waals surface area contributed by atoms with Crippen LogP contribution in [0.2, 0.25) is 0 Å². The first kappa shape index (κ1) is 19.4. The fourth-order valence-electron chi connectivity index (χ4n) is 4.15. The summed E-state index contributed by atoms with van der Waals surface area (Å²) in [5.41, 5.74) is 2.38. The predicted molar refractivity (Wildman–Crippen MR) is 119 cm³/mol. The van der Waals surface area contributed by atoms with Crippen molar-refractivity contribution in [3.05, 3.63) is 42.0 Å². The van der Waals surface area contributed by atoms with Crippen LogP contribution in [0.25, 0.3) is 21.3 Å². The lowest BCUT2D eigenvalue weighted by molar-refractivity contribution is -0.136. The molecule has 1 aromatic carbocycles. The molecule has 0 N–H and O–H groups in total. The Morgan fingerprint density at radius 1 is 1.00 bits per heavy atom. The number of hydrogen-bond acceptors (Lipinski definition) is 7. The molecule has 8 heteroatoms. The Kier molecular flexibility index (Phi) is 5.61. The highest BCUT2D eigenvalue weighted by molar-refractivity contribution is 7.17. The van der Waals surface area contributed by atoms with Crippen molar-refractivity contribution in [2.24, 2.45) is 0 Å². The van der Waals surface area contributed by atoms with Crippen molar-refractivity contribution in [3.63, 3.8) is 0 Å². The van der Waals surface area contributed by atoms with E-state index in [-0.39, 0.29) is 5.91 Å². The number of anilines is 1. The largest absolute Gasteiger partial charge is 0.378 e. The highest BCUT2D eigenvalue weighted by atomic mass is 32.1. The molecule has 0 spiro atoms. The topological polar surface area (TPSA) is 61.8 Å². The second-order valence-corrected chi connectivity index (χ2v) is 8.51. The first-order chi connectivity index (χ1) is 14.8. The Morgan fingerprint density at radius 3 is 2.53 bits per heavy atom. The molecule has 2 aromatic heterocycles. The van der Waals surface area contributed by atoms with Gasteiger partial charge in [-0.05, 0) is 5.56 Å². The fraction of sp³-hybridized carbons (Fsp3) is 0.409. The predicted octanol–water partition coefficient (Wildman–Crippen LogP) is 2.34. The van der Waals surface area contributed by atoms with Crippen molar-refractivity contribution in [3.8, 4) is 11.1 Å². The van der Waals surface area contributed by atoms with Gasteiger partial charge in [0.25, 0.3) is 0 Å². The van der Waals surface area contributed by atoms with Gasteiger partial charge in [-0.25, -0.2) is 9.97 Å². The van der Waals surface area contributed by atoms with Crippen LogP contribution in [-0.2, 0) is 9.53 Å². The molecule has 0 atom stereocenters. The number of benzene rings is 1. The maximum absolute atomic E-state index is 12.6. The first-order valence-electron chi connectivity index (χ1n) is 10.4. The van der Waals surface area contributed by atoms with Gasteiger partial charge in [0.1, 0.15) is 17.0 Å². The lowest BCUT2D eigenvalue weighted by Gasteiger charge is -2.36. The maximum Gasteiger partial charge on any atom is 0.236 e. The molecule has 3 aromatic rings. The molecule has 2 aliphatic heterocycles. The highest BCUT2D eigenvalue weighted by Gasteiger charge is 2.25. The number of fused-ring (bicyclic) bond motifs is 1. The van der Waals surface area contributed by atoms with Crippen LogP contribution in [0.5, 0.6) is 0 Å². The van der Waals surface area contributed by atoms with Gasteiger partial charge in [0.05, 0.1) is 25.1 Å². The minimum Gasteiger partial charge on any atom is -0.378 e.